The fourth-order valence-electron chi connectivity index (χ4n) is 3.09. The Bertz CT molecular complexity index is 392. The van der Waals surface area contributed by atoms with Gasteiger partial charge in [-0.2, -0.15) is 0 Å². The molecule has 2 aliphatic rings. The molecule has 1 aliphatic heterocycles. The Morgan fingerprint density at radius 1 is 1.59 bits per heavy atom. The van der Waals surface area contributed by atoms with E-state index in [0.29, 0.717) is 12.5 Å². The number of thiazole rings is 1. The molecular formula is C12H17N3OS. The van der Waals surface area contributed by atoms with E-state index in [0.717, 1.165) is 17.5 Å². The van der Waals surface area contributed by atoms with Crippen LogP contribution in [0.1, 0.15) is 24.3 Å². The molecule has 0 radical (unpaired) electrons. The molecular weight excluding hydrogens is 234 g/mol. The van der Waals surface area contributed by atoms with Crippen molar-refractivity contribution in [2.45, 2.75) is 31.8 Å². The van der Waals surface area contributed by atoms with Gasteiger partial charge in [0, 0.05) is 11.6 Å². The molecule has 4 nitrogen and oxygen atoms in total. The molecule has 0 aromatic carbocycles. The zero-order valence-electron chi connectivity index (χ0n) is 9.69. The first-order valence-corrected chi connectivity index (χ1v) is 7.12. The van der Waals surface area contributed by atoms with Crippen LogP contribution in [-0.2, 0) is 11.3 Å². The first kappa shape index (κ1) is 11.2. The number of nitrogens with zero attached hydrogens (tertiary/aromatic N) is 1. The molecule has 0 spiro atoms. The third-order valence-corrected chi connectivity index (χ3v) is 4.71. The Morgan fingerprint density at radius 2 is 2.53 bits per heavy atom. The van der Waals surface area contributed by atoms with E-state index in [2.05, 4.69) is 15.6 Å². The zero-order chi connectivity index (χ0) is 11.7. The molecule has 1 aromatic rings. The summed E-state index contributed by atoms with van der Waals surface area (Å²) in [4.78, 5) is 16.3. The van der Waals surface area contributed by atoms with Crippen molar-refractivity contribution in [3.05, 3.63) is 16.6 Å². The Hall–Kier alpha value is -0.940. The van der Waals surface area contributed by atoms with E-state index in [9.17, 15) is 4.79 Å². The highest BCUT2D eigenvalue weighted by atomic mass is 32.1. The van der Waals surface area contributed by atoms with Crippen LogP contribution in [0.2, 0.25) is 0 Å². The molecule has 2 fully saturated rings. The number of carbonyl (C=O) groups excluding carboxylic acids is 1. The molecule has 2 N–H and O–H groups in total. The number of aromatic nitrogens is 1. The molecule has 3 unspecified atom stereocenters. The summed E-state index contributed by atoms with van der Waals surface area (Å²) in [6.07, 6.45) is 5.54. The average Bonchev–Trinajstić information content (AvgIpc) is 3.02. The van der Waals surface area contributed by atoms with Gasteiger partial charge in [-0.15, -0.1) is 11.3 Å². The summed E-state index contributed by atoms with van der Waals surface area (Å²) in [5, 5.41) is 9.25. The highest BCUT2D eigenvalue weighted by molar-refractivity contribution is 7.09. The van der Waals surface area contributed by atoms with E-state index < -0.39 is 0 Å². The number of fused-ring (bicyclic) bond motifs is 1. The summed E-state index contributed by atoms with van der Waals surface area (Å²) in [5.74, 6) is 1.44. The lowest BCUT2D eigenvalue weighted by Crippen LogP contribution is -2.43. The van der Waals surface area contributed by atoms with Gasteiger partial charge in [-0.3, -0.25) is 4.79 Å². The molecule has 1 saturated carbocycles. The second-order valence-corrected chi connectivity index (χ2v) is 5.86. The van der Waals surface area contributed by atoms with E-state index in [-0.39, 0.29) is 11.9 Å². The van der Waals surface area contributed by atoms with Crippen LogP contribution in [0.3, 0.4) is 0 Å². The number of amides is 1. The van der Waals surface area contributed by atoms with Crippen LogP contribution in [0.25, 0.3) is 0 Å². The van der Waals surface area contributed by atoms with Crippen molar-refractivity contribution >= 4 is 17.2 Å². The van der Waals surface area contributed by atoms with Gasteiger partial charge in [0.05, 0.1) is 12.6 Å². The van der Waals surface area contributed by atoms with Gasteiger partial charge in [0.15, 0.2) is 0 Å². The fourth-order valence-corrected chi connectivity index (χ4v) is 3.64. The predicted octanol–water partition coefficient (Wildman–Crippen LogP) is 1.15. The maximum atomic E-state index is 12.1. The van der Waals surface area contributed by atoms with E-state index in [1.165, 1.54) is 19.3 Å². The zero-order valence-corrected chi connectivity index (χ0v) is 10.5. The highest BCUT2D eigenvalue weighted by Gasteiger charge is 2.42. The Kier molecular flexibility index (Phi) is 3.11. The molecule has 5 heteroatoms. The standard InChI is InChI=1S/C12H17N3OS/c16-12(15-7-10-13-4-5-17-10)11-9-3-1-2-8(9)6-14-11/h4-5,8-9,11,14H,1-3,6-7H2,(H,15,16). The van der Waals surface area contributed by atoms with Crippen LogP contribution >= 0.6 is 11.3 Å². The largest absolute Gasteiger partial charge is 0.348 e. The minimum absolute atomic E-state index is 0.0301. The summed E-state index contributed by atoms with van der Waals surface area (Å²) in [6.45, 7) is 1.58. The van der Waals surface area contributed by atoms with E-state index in [1.807, 2.05) is 5.38 Å². The van der Waals surface area contributed by atoms with Crippen molar-refractivity contribution in [2.24, 2.45) is 11.8 Å². The SMILES string of the molecule is O=C(NCc1nccs1)C1NCC2CCCC21. The normalized spacial score (nSPS) is 31.4. The minimum atomic E-state index is 0.0301. The fraction of sp³-hybridized carbons (Fsp3) is 0.667. The van der Waals surface area contributed by atoms with Crippen LogP contribution in [0.4, 0.5) is 0 Å². The number of nitrogens with one attached hydrogen (secondary N) is 2. The number of hydrogen-bond acceptors (Lipinski definition) is 4. The molecule has 2 heterocycles. The highest BCUT2D eigenvalue weighted by Crippen LogP contribution is 2.37. The molecule has 92 valence electrons. The molecule has 1 aromatic heterocycles. The Morgan fingerprint density at radius 3 is 3.35 bits per heavy atom. The summed E-state index contributed by atoms with van der Waals surface area (Å²) in [7, 11) is 0. The topological polar surface area (TPSA) is 54.0 Å². The lowest BCUT2D eigenvalue weighted by molar-refractivity contribution is -0.123. The second-order valence-electron chi connectivity index (χ2n) is 4.88. The Balaban J connectivity index is 1.55. The third kappa shape index (κ3) is 2.21. The summed E-state index contributed by atoms with van der Waals surface area (Å²) >= 11 is 1.58. The van der Waals surface area contributed by atoms with Crippen molar-refractivity contribution in [1.29, 1.82) is 0 Å². The predicted molar refractivity (Wildman–Crippen MR) is 66.6 cm³/mol. The Labute approximate surface area is 105 Å². The number of rotatable bonds is 3. The molecule has 3 rings (SSSR count). The monoisotopic (exact) mass is 251 g/mol. The van der Waals surface area contributed by atoms with E-state index >= 15 is 0 Å². The van der Waals surface area contributed by atoms with Crippen LogP contribution in [0, 0.1) is 11.8 Å². The molecule has 1 aliphatic carbocycles. The van der Waals surface area contributed by atoms with Crippen molar-refractivity contribution in [3.63, 3.8) is 0 Å². The lowest BCUT2D eigenvalue weighted by atomic mass is 9.94. The molecule has 3 atom stereocenters. The minimum Gasteiger partial charge on any atom is -0.348 e. The van der Waals surface area contributed by atoms with Gasteiger partial charge in [-0.25, -0.2) is 4.98 Å². The van der Waals surface area contributed by atoms with Gasteiger partial charge in [0.25, 0.3) is 0 Å². The third-order valence-electron chi connectivity index (χ3n) is 3.93. The van der Waals surface area contributed by atoms with Crippen molar-refractivity contribution in [1.82, 2.24) is 15.6 Å². The summed E-state index contributed by atoms with van der Waals surface area (Å²) < 4.78 is 0. The second kappa shape index (κ2) is 4.74. The van der Waals surface area contributed by atoms with Crippen LogP contribution in [0.5, 0.6) is 0 Å². The summed E-state index contributed by atoms with van der Waals surface area (Å²) in [6, 6.07) is 0.0301. The van der Waals surface area contributed by atoms with Gasteiger partial charge in [0.2, 0.25) is 5.91 Å². The first-order chi connectivity index (χ1) is 8.34. The van der Waals surface area contributed by atoms with Gasteiger partial charge >= 0.3 is 0 Å². The molecule has 1 amide bonds. The van der Waals surface area contributed by atoms with E-state index in [4.69, 9.17) is 0 Å². The summed E-state index contributed by atoms with van der Waals surface area (Å²) in [5.41, 5.74) is 0. The average molecular weight is 251 g/mol. The van der Waals surface area contributed by atoms with Crippen molar-refractivity contribution in [3.8, 4) is 0 Å². The van der Waals surface area contributed by atoms with Crippen LogP contribution in [-0.4, -0.2) is 23.5 Å². The van der Waals surface area contributed by atoms with Crippen LogP contribution in [0.15, 0.2) is 11.6 Å². The van der Waals surface area contributed by atoms with Gasteiger partial charge in [-0.05, 0) is 31.2 Å². The van der Waals surface area contributed by atoms with Gasteiger partial charge < -0.3 is 10.6 Å². The molecule has 0 bridgehead atoms. The maximum Gasteiger partial charge on any atom is 0.237 e. The van der Waals surface area contributed by atoms with E-state index in [1.54, 1.807) is 17.5 Å². The number of hydrogen-bond donors (Lipinski definition) is 2. The lowest BCUT2D eigenvalue weighted by Gasteiger charge is -2.17. The van der Waals surface area contributed by atoms with Crippen molar-refractivity contribution in [2.75, 3.05) is 6.54 Å². The van der Waals surface area contributed by atoms with Crippen molar-refractivity contribution < 1.29 is 4.79 Å². The number of carbonyl (C=O) groups is 1. The molecule has 1 saturated heterocycles. The van der Waals surface area contributed by atoms with Crippen LogP contribution < -0.4 is 10.6 Å². The van der Waals surface area contributed by atoms with Gasteiger partial charge in [-0.1, -0.05) is 6.42 Å². The van der Waals surface area contributed by atoms with Gasteiger partial charge in [0.1, 0.15) is 5.01 Å². The smallest absolute Gasteiger partial charge is 0.237 e. The first-order valence-electron chi connectivity index (χ1n) is 6.24. The maximum absolute atomic E-state index is 12.1. The molecule has 17 heavy (non-hydrogen) atoms. The quantitative estimate of drug-likeness (QED) is 0.847.